The van der Waals surface area contributed by atoms with Gasteiger partial charge >= 0.3 is 11.9 Å². The fourth-order valence-electron chi connectivity index (χ4n) is 2.85. The summed E-state index contributed by atoms with van der Waals surface area (Å²) in [6.45, 7) is 1.85. The van der Waals surface area contributed by atoms with E-state index in [2.05, 4.69) is 36.6 Å². The van der Waals surface area contributed by atoms with Crippen LogP contribution in [-0.2, 0) is 19.1 Å². The molecule has 82 valence electrons. The van der Waals surface area contributed by atoms with Crippen LogP contribution in [-0.4, -0.2) is 33.3 Å². The lowest BCUT2D eigenvalue weighted by atomic mass is 9.74. The van der Waals surface area contributed by atoms with Crippen molar-refractivity contribution >= 4 is 43.8 Å². The van der Waals surface area contributed by atoms with E-state index in [0.717, 1.165) is 0 Å². The summed E-state index contributed by atoms with van der Waals surface area (Å²) in [6.07, 6.45) is -0.261. The number of esters is 2. The van der Waals surface area contributed by atoms with E-state index in [4.69, 9.17) is 4.74 Å². The minimum absolute atomic E-state index is 0.0229. The molecule has 2 bridgehead atoms. The van der Waals surface area contributed by atoms with Gasteiger partial charge in [0.1, 0.15) is 11.8 Å². The average Bonchev–Trinajstić information content (AvgIpc) is 2.70. The fourth-order valence-corrected chi connectivity index (χ4v) is 4.50. The third-order valence-corrected chi connectivity index (χ3v) is 6.83. The third-order valence-electron chi connectivity index (χ3n) is 3.59. The van der Waals surface area contributed by atoms with Gasteiger partial charge in [-0.25, -0.2) is 0 Å². The van der Waals surface area contributed by atoms with Crippen LogP contribution in [0.15, 0.2) is 0 Å². The molecule has 0 saturated carbocycles. The smallest absolute Gasteiger partial charge is 0.320 e. The Morgan fingerprint density at radius 3 is 2.60 bits per heavy atom. The molecule has 0 amide bonds. The zero-order chi connectivity index (χ0) is 11.0. The molecule has 3 rings (SSSR count). The van der Waals surface area contributed by atoms with Gasteiger partial charge in [-0.2, -0.15) is 0 Å². The van der Waals surface area contributed by atoms with E-state index in [1.807, 2.05) is 6.92 Å². The predicted octanol–water partition coefficient (Wildman–Crippen LogP) is 1.00. The molecule has 0 aromatic heterocycles. The second-order valence-corrected chi connectivity index (χ2v) is 6.40. The van der Waals surface area contributed by atoms with Gasteiger partial charge in [-0.1, -0.05) is 31.9 Å². The van der Waals surface area contributed by atoms with Crippen molar-refractivity contribution in [3.05, 3.63) is 0 Å². The zero-order valence-corrected chi connectivity index (χ0v) is 10.9. The van der Waals surface area contributed by atoms with E-state index in [1.165, 1.54) is 0 Å². The number of alkyl halides is 2. The first-order chi connectivity index (χ1) is 6.97. The van der Waals surface area contributed by atoms with Gasteiger partial charge in [0.25, 0.3) is 0 Å². The number of hydrogen-bond donors (Lipinski definition) is 0. The maximum atomic E-state index is 11.6. The molecule has 6 atom stereocenters. The normalized spacial score (nSPS) is 57.1. The molecule has 0 unspecified atom stereocenters. The molecule has 0 radical (unpaired) electrons. The number of hydrogen-bond acceptors (Lipinski definition) is 4. The number of cyclic esters (lactones) is 2. The number of carbonyl (C=O) groups excluding carboxylic acids is 2. The van der Waals surface area contributed by atoms with Crippen molar-refractivity contribution in [2.24, 2.45) is 11.8 Å². The van der Waals surface area contributed by atoms with Crippen LogP contribution in [0.4, 0.5) is 0 Å². The van der Waals surface area contributed by atoms with Crippen LogP contribution < -0.4 is 0 Å². The largest absolute Gasteiger partial charge is 0.393 e. The summed E-state index contributed by atoms with van der Waals surface area (Å²) in [6, 6.07) is 0. The second-order valence-electron chi connectivity index (χ2n) is 4.36. The summed E-state index contributed by atoms with van der Waals surface area (Å²) in [5.41, 5.74) is -0.632. The Hall–Kier alpha value is 0.0600. The van der Waals surface area contributed by atoms with Crippen molar-refractivity contribution in [1.29, 1.82) is 0 Å². The quantitative estimate of drug-likeness (QED) is 0.375. The molecule has 0 N–H and O–H groups in total. The van der Waals surface area contributed by atoms with Crippen LogP contribution in [0.1, 0.15) is 6.92 Å². The van der Waals surface area contributed by atoms with Crippen LogP contribution in [0.25, 0.3) is 0 Å². The Morgan fingerprint density at radius 2 is 1.93 bits per heavy atom. The minimum Gasteiger partial charge on any atom is -0.393 e. The lowest BCUT2D eigenvalue weighted by Gasteiger charge is -2.31. The molecule has 3 aliphatic rings. The highest BCUT2D eigenvalue weighted by Crippen LogP contribution is 2.58. The van der Waals surface area contributed by atoms with Crippen molar-refractivity contribution < 1.29 is 19.1 Å². The Labute approximate surface area is 103 Å². The monoisotopic (exact) mass is 338 g/mol. The lowest BCUT2D eigenvalue weighted by molar-refractivity contribution is -0.158. The molecular weight excluding hydrogens is 332 g/mol. The standard InChI is InChI=1S/C9H8Br2O4/c1-9-3-2(7(12)14-8(3)13)5(15-9)4(10)6(9)11/h2-6H,1H3/t2-,3+,4+,5-,6+,9+/m1/s1. The van der Waals surface area contributed by atoms with E-state index >= 15 is 0 Å². The van der Waals surface area contributed by atoms with Gasteiger partial charge in [0.2, 0.25) is 0 Å². The van der Waals surface area contributed by atoms with Gasteiger partial charge < -0.3 is 9.47 Å². The molecular formula is C9H8Br2O4. The highest BCUT2D eigenvalue weighted by molar-refractivity contribution is 9.12. The first kappa shape index (κ1) is 10.2. The first-order valence-corrected chi connectivity index (χ1v) is 6.51. The average molecular weight is 340 g/mol. The summed E-state index contributed by atoms with van der Waals surface area (Å²) in [7, 11) is 0. The van der Waals surface area contributed by atoms with E-state index in [1.54, 1.807) is 0 Å². The highest BCUT2D eigenvalue weighted by atomic mass is 79.9. The minimum atomic E-state index is -0.632. The van der Waals surface area contributed by atoms with Crippen molar-refractivity contribution in [2.75, 3.05) is 0 Å². The van der Waals surface area contributed by atoms with Gasteiger partial charge in [-0.3, -0.25) is 9.59 Å². The van der Waals surface area contributed by atoms with Crippen molar-refractivity contribution in [2.45, 2.75) is 28.3 Å². The van der Waals surface area contributed by atoms with Crippen molar-refractivity contribution in [3.8, 4) is 0 Å². The molecule has 6 heteroatoms. The SMILES string of the molecule is C[C@@]12O[C@@H]([C@H](Br)[C@@H]1Br)[C@@H]1C(=O)OC(=O)[C@H]12. The summed E-state index contributed by atoms with van der Waals surface area (Å²) in [5.74, 6) is -1.77. The molecule has 0 aromatic carbocycles. The van der Waals surface area contributed by atoms with Gasteiger partial charge in [0, 0.05) is 0 Å². The molecule has 3 aliphatic heterocycles. The topological polar surface area (TPSA) is 52.6 Å². The van der Waals surface area contributed by atoms with E-state index in [9.17, 15) is 9.59 Å². The molecule has 0 aromatic rings. The lowest BCUT2D eigenvalue weighted by Crippen LogP contribution is -2.49. The van der Waals surface area contributed by atoms with Crippen molar-refractivity contribution in [1.82, 2.24) is 0 Å². The molecule has 3 saturated heterocycles. The number of fused-ring (bicyclic) bond motifs is 5. The zero-order valence-electron chi connectivity index (χ0n) is 7.78. The summed E-state index contributed by atoms with van der Waals surface area (Å²) in [5, 5.41) is 0. The molecule has 3 fully saturated rings. The van der Waals surface area contributed by atoms with Crippen LogP contribution in [0.2, 0.25) is 0 Å². The highest BCUT2D eigenvalue weighted by Gasteiger charge is 2.73. The van der Waals surface area contributed by atoms with Crippen LogP contribution in [0.5, 0.6) is 0 Å². The van der Waals surface area contributed by atoms with E-state index in [0.29, 0.717) is 0 Å². The van der Waals surface area contributed by atoms with Gasteiger partial charge in [0.15, 0.2) is 0 Å². The molecule has 0 aliphatic carbocycles. The second kappa shape index (κ2) is 2.84. The maximum Gasteiger partial charge on any atom is 0.320 e. The Balaban J connectivity index is 2.09. The Bertz CT molecular complexity index is 371. The number of halogens is 2. The number of ether oxygens (including phenoxy) is 2. The third kappa shape index (κ3) is 1.01. The van der Waals surface area contributed by atoms with E-state index < -0.39 is 29.4 Å². The van der Waals surface area contributed by atoms with Crippen molar-refractivity contribution in [3.63, 3.8) is 0 Å². The molecule has 3 heterocycles. The molecule has 15 heavy (non-hydrogen) atoms. The number of carbonyl (C=O) groups is 2. The van der Waals surface area contributed by atoms with E-state index in [-0.39, 0.29) is 15.8 Å². The summed E-state index contributed by atoms with van der Waals surface area (Å²) in [4.78, 5) is 23.1. The summed E-state index contributed by atoms with van der Waals surface area (Å²) >= 11 is 7.00. The Morgan fingerprint density at radius 1 is 1.27 bits per heavy atom. The Kier molecular flexibility index (Phi) is 1.94. The van der Waals surface area contributed by atoms with Crippen LogP contribution >= 0.6 is 31.9 Å². The van der Waals surface area contributed by atoms with Crippen LogP contribution in [0, 0.1) is 11.8 Å². The van der Waals surface area contributed by atoms with Gasteiger partial charge in [-0.05, 0) is 6.92 Å². The maximum absolute atomic E-state index is 11.6. The van der Waals surface area contributed by atoms with Gasteiger partial charge in [-0.15, -0.1) is 0 Å². The first-order valence-electron chi connectivity index (χ1n) is 4.68. The van der Waals surface area contributed by atoms with Gasteiger partial charge in [0.05, 0.1) is 21.4 Å². The predicted molar refractivity (Wildman–Crippen MR) is 56.8 cm³/mol. The number of rotatable bonds is 0. The molecule has 4 nitrogen and oxygen atoms in total. The summed E-state index contributed by atoms with van der Waals surface area (Å²) < 4.78 is 10.4. The fraction of sp³-hybridized carbons (Fsp3) is 0.778. The van der Waals surface area contributed by atoms with Crippen LogP contribution in [0.3, 0.4) is 0 Å². The molecule has 0 spiro atoms.